The molecular weight excluding hydrogens is 494 g/mol. The first-order valence-electron chi connectivity index (χ1n) is 8.03. The molecule has 0 aliphatic rings. The number of hydrogen-bond donors (Lipinski definition) is 4. The van der Waals surface area contributed by atoms with Gasteiger partial charge in [-0.2, -0.15) is 16.8 Å². The van der Waals surface area contributed by atoms with Crippen molar-refractivity contribution in [1.82, 2.24) is 0 Å². The first-order valence-corrected chi connectivity index (χ1v) is 11.3. The molecule has 0 saturated heterocycles. The lowest BCUT2D eigenvalue weighted by Gasteiger charge is -2.09. The zero-order valence-corrected chi connectivity index (χ0v) is 17.6. The number of halogens is 1. The molecule has 0 heterocycles. The highest BCUT2D eigenvalue weighted by molar-refractivity contribution is 7.86. The third kappa shape index (κ3) is 4.46. The topological polar surface area (TPSA) is 217 Å². The molecule has 16 heteroatoms. The first kappa shape index (κ1) is 23.3. The zero-order chi connectivity index (χ0) is 24.0. The largest absolute Gasteiger partial charge is 0.504 e. The molecule has 3 aromatic carbocycles. The van der Waals surface area contributed by atoms with Crippen molar-refractivity contribution in [3.63, 3.8) is 0 Å². The van der Waals surface area contributed by atoms with Crippen LogP contribution in [0.25, 0.3) is 10.8 Å². The molecule has 32 heavy (non-hydrogen) atoms. The fraction of sp³-hybridized carbons (Fsp3) is 0. The maximum atomic E-state index is 11.6. The van der Waals surface area contributed by atoms with E-state index in [9.17, 15) is 46.3 Å². The molecule has 0 atom stereocenters. The molecule has 0 bridgehead atoms. The highest BCUT2D eigenvalue weighted by Gasteiger charge is 2.23. The Bertz CT molecular complexity index is 1540. The molecule has 4 N–H and O–H groups in total. The van der Waals surface area contributed by atoms with Crippen LogP contribution in [0.15, 0.2) is 56.4 Å². The van der Waals surface area contributed by atoms with Crippen molar-refractivity contribution in [2.45, 2.75) is 9.79 Å². The van der Waals surface area contributed by atoms with Gasteiger partial charge in [-0.15, -0.1) is 10.2 Å². The van der Waals surface area contributed by atoms with Crippen LogP contribution in [-0.4, -0.2) is 41.1 Å². The Kier molecular flexibility index (Phi) is 5.79. The summed E-state index contributed by atoms with van der Waals surface area (Å²) in [5, 5.41) is 37.8. The van der Waals surface area contributed by atoms with E-state index in [1.807, 2.05) is 0 Å². The molecule has 168 valence electrons. The van der Waals surface area contributed by atoms with Crippen LogP contribution >= 0.6 is 11.6 Å². The van der Waals surface area contributed by atoms with Crippen molar-refractivity contribution >= 4 is 59.7 Å². The smallest absolute Gasteiger partial charge is 0.298 e. The van der Waals surface area contributed by atoms with Crippen LogP contribution in [0.2, 0.25) is 5.02 Å². The summed E-state index contributed by atoms with van der Waals surface area (Å²) in [4.78, 5) is 8.47. The van der Waals surface area contributed by atoms with Gasteiger partial charge in [0.05, 0.1) is 14.8 Å². The lowest BCUT2D eigenvalue weighted by Crippen LogP contribution is -2.00. The number of fused-ring (bicyclic) bond motifs is 1. The predicted molar refractivity (Wildman–Crippen MR) is 109 cm³/mol. The first-order chi connectivity index (χ1) is 14.7. The number of benzene rings is 3. The lowest BCUT2D eigenvalue weighted by atomic mass is 10.1. The highest BCUT2D eigenvalue weighted by Crippen LogP contribution is 2.44. The van der Waals surface area contributed by atoms with Gasteiger partial charge in [-0.3, -0.25) is 19.2 Å². The van der Waals surface area contributed by atoms with E-state index >= 15 is 0 Å². The Morgan fingerprint density at radius 2 is 1.56 bits per heavy atom. The van der Waals surface area contributed by atoms with Gasteiger partial charge in [-0.05, 0) is 23.6 Å². The van der Waals surface area contributed by atoms with E-state index in [0.717, 1.165) is 36.4 Å². The fourth-order valence-corrected chi connectivity index (χ4v) is 3.99. The summed E-state index contributed by atoms with van der Waals surface area (Å²) in [7, 11) is -9.72. The third-order valence-electron chi connectivity index (χ3n) is 4.09. The van der Waals surface area contributed by atoms with Gasteiger partial charge >= 0.3 is 0 Å². The Labute approximate surface area is 183 Å². The molecule has 3 rings (SSSR count). The van der Waals surface area contributed by atoms with E-state index in [1.165, 1.54) is 0 Å². The number of nitrogens with zero attached hydrogens (tertiary/aromatic N) is 3. The number of phenols is 2. The van der Waals surface area contributed by atoms with Gasteiger partial charge in [0.15, 0.2) is 11.5 Å². The van der Waals surface area contributed by atoms with E-state index < -0.39 is 68.5 Å². The third-order valence-corrected chi connectivity index (χ3v) is 6.10. The second kappa shape index (κ2) is 7.95. The number of hydrogen-bond acceptors (Lipinski definition) is 10. The van der Waals surface area contributed by atoms with Crippen LogP contribution in [0.4, 0.5) is 17.1 Å². The van der Waals surface area contributed by atoms with Gasteiger partial charge in [-0.1, -0.05) is 17.7 Å². The van der Waals surface area contributed by atoms with E-state index in [2.05, 4.69) is 10.2 Å². The van der Waals surface area contributed by atoms with Crippen molar-refractivity contribution in [3.8, 4) is 11.5 Å². The molecule has 0 fully saturated rings. The molecule has 0 aliphatic carbocycles. The van der Waals surface area contributed by atoms with Crippen molar-refractivity contribution in [2.75, 3.05) is 0 Å². The summed E-state index contributed by atoms with van der Waals surface area (Å²) < 4.78 is 64.6. The van der Waals surface area contributed by atoms with Gasteiger partial charge in [0.1, 0.15) is 16.3 Å². The number of azo groups is 1. The number of nitro groups is 1. The summed E-state index contributed by atoms with van der Waals surface area (Å²) in [6.45, 7) is 0. The van der Waals surface area contributed by atoms with Gasteiger partial charge in [-0.25, -0.2) is 0 Å². The number of non-ortho nitro benzene ring substituents is 1. The zero-order valence-electron chi connectivity index (χ0n) is 15.2. The quantitative estimate of drug-likeness (QED) is 0.171. The minimum atomic E-state index is -5.03. The second-order valence-corrected chi connectivity index (χ2v) is 9.38. The average Bonchev–Trinajstić information content (AvgIpc) is 2.67. The Hall–Kier alpha value is -3.37. The molecule has 0 amide bonds. The van der Waals surface area contributed by atoms with Crippen LogP contribution in [0.5, 0.6) is 11.5 Å². The fourth-order valence-electron chi connectivity index (χ4n) is 2.64. The highest BCUT2D eigenvalue weighted by atomic mass is 35.5. The molecule has 3 aromatic rings. The summed E-state index contributed by atoms with van der Waals surface area (Å²) >= 11 is 5.72. The SMILES string of the molecule is O=[N+]([O-])c1cc(Cl)c(O)c(N=Nc2c(O)c(S(=O)(=O)O)cc3cc(S(=O)(=O)O)ccc23)c1. The van der Waals surface area contributed by atoms with E-state index in [1.54, 1.807) is 0 Å². The van der Waals surface area contributed by atoms with Crippen LogP contribution in [-0.2, 0) is 20.2 Å². The monoisotopic (exact) mass is 503 g/mol. The molecule has 0 saturated carbocycles. The van der Waals surface area contributed by atoms with Crippen LogP contribution in [0.3, 0.4) is 0 Å². The summed E-state index contributed by atoms with van der Waals surface area (Å²) in [5.74, 6) is -1.79. The average molecular weight is 504 g/mol. The van der Waals surface area contributed by atoms with Gasteiger partial charge in [0.2, 0.25) is 0 Å². The number of nitro benzene ring substituents is 1. The normalized spacial score (nSPS) is 12.5. The molecule has 0 radical (unpaired) electrons. The van der Waals surface area contributed by atoms with Crippen LogP contribution in [0, 0.1) is 10.1 Å². The minimum Gasteiger partial charge on any atom is -0.504 e. The molecule has 0 unspecified atom stereocenters. The molecule has 0 aromatic heterocycles. The Morgan fingerprint density at radius 1 is 0.906 bits per heavy atom. The molecule has 13 nitrogen and oxygen atoms in total. The van der Waals surface area contributed by atoms with Crippen LogP contribution in [0.1, 0.15) is 0 Å². The summed E-state index contributed by atoms with van der Waals surface area (Å²) in [6, 6.07) is 5.20. The number of aromatic hydroxyl groups is 2. The predicted octanol–water partition coefficient (Wildman–Crippen LogP) is 3.72. The molecule has 0 spiro atoms. The van der Waals surface area contributed by atoms with Crippen molar-refractivity contribution < 1.29 is 41.1 Å². The van der Waals surface area contributed by atoms with Crippen molar-refractivity contribution in [2.24, 2.45) is 10.2 Å². The van der Waals surface area contributed by atoms with Gasteiger partial charge in [0.25, 0.3) is 25.9 Å². The summed E-state index contributed by atoms with van der Waals surface area (Å²) in [5.41, 5.74) is -1.66. The van der Waals surface area contributed by atoms with E-state index in [4.69, 9.17) is 11.6 Å². The molecule has 0 aliphatic heterocycles. The van der Waals surface area contributed by atoms with Crippen LogP contribution < -0.4 is 0 Å². The summed E-state index contributed by atoms with van der Waals surface area (Å²) in [6.07, 6.45) is 0. The van der Waals surface area contributed by atoms with Crippen molar-refractivity contribution in [1.29, 1.82) is 0 Å². The van der Waals surface area contributed by atoms with E-state index in [0.29, 0.717) is 0 Å². The van der Waals surface area contributed by atoms with E-state index in [-0.39, 0.29) is 10.8 Å². The number of rotatable bonds is 5. The molecular formula is C16H10ClN3O10S2. The maximum Gasteiger partial charge on any atom is 0.298 e. The second-order valence-electron chi connectivity index (χ2n) is 6.16. The van der Waals surface area contributed by atoms with Gasteiger partial charge in [0, 0.05) is 17.5 Å². The maximum absolute atomic E-state index is 11.6. The van der Waals surface area contributed by atoms with Crippen molar-refractivity contribution in [3.05, 3.63) is 51.5 Å². The Morgan fingerprint density at radius 3 is 2.12 bits per heavy atom. The lowest BCUT2D eigenvalue weighted by molar-refractivity contribution is -0.384. The Balaban J connectivity index is 2.33. The standard InChI is InChI=1S/C16H10ClN3O10S2/c17-11-5-8(20(23)24)6-12(15(11)21)18-19-14-10-2-1-9(31(25,26)27)3-7(10)4-13(16(14)22)32(28,29)30/h1-6,21-22H,(H,25,26,27)(H,28,29,30). The number of phenolic OH excluding ortho intramolecular Hbond substituents is 2. The minimum absolute atomic E-state index is 0.0814. The van der Waals surface area contributed by atoms with Gasteiger partial charge < -0.3 is 10.2 Å².